The molecule has 15 heavy (non-hydrogen) atoms. The summed E-state index contributed by atoms with van der Waals surface area (Å²) in [5.41, 5.74) is -0.536. The van der Waals surface area contributed by atoms with Crippen LogP contribution in [0.4, 0.5) is 0 Å². The van der Waals surface area contributed by atoms with Gasteiger partial charge in [-0.3, -0.25) is 0 Å². The highest BCUT2D eigenvalue weighted by Gasteiger charge is 2.31. The lowest BCUT2D eigenvalue weighted by Gasteiger charge is -2.23. The molecule has 1 aromatic heterocycles. The molecule has 0 saturated carbocycles. The van der Waals surface area contributed by atoms with E-state index in [0.717, 1.165) is 6.42 Å². The molecule has 0 spiro atoms. The van der Waals surface area contributed by atoms with Gasteiger partial charge in [0.05, 0.1) is 0 Å². The Morgan fingerprint density at radius 3 is 2.60 bits per heavy atom. The number of hydrogen-bond acceptors (Lipinski definition) is 5. The van der Waals surface area contributed by atoms with E-state index < -0.39 is 11.7 Å². The number of ether oxygens (including phenoxy) is 1. The largest absolute Gasteiger partial charge is 0.384 e. The van der Waals surface area contributed by atoms with E-state index in [-0.39, 0.29) is 5.89 Å². The zero-order chi connectivity index (χ0) is 11.5. The summed E-state index contributed by atoms with van der Waals surface area (Å²) in [6.45, 7) is 8.00. The molecular weight excluding hydrogens is 196 g/mol. The average molecular weight is 214 g/mol. The summed E-state index contributed by atoms with van der Waals surface area (Å²) in [5, 5.41) is 13.1. The number of aliphatic hydroxyl groups is 1. The zero-order valence-electron chi connectivity index (χ0n) is 9.65. The summed E-state index contributed by atoms with van der Waals surface area (Å²) < 4.78 is 10.5. The molecule has 0 aromatic carbocycles. The Bertz CT molecular complexity index is 311. The summed E-state index contributed by atoms with van der Waals surface area (Å²) >= 11 is 0. The first-order valence-corrected chi connectivity index (χ1v) is 5.19. The van der Waals surface area contributed by atoms with Gasteiger partial charge in [-0.1, -0.05) is 12.1 Å². The first-order chi connectivity index (χ1) is 7.03. The fraction of sp³-hybridized carbons (Fsp3) is 0.800. The second-order valence-corrected chi connectivity index (χ2v) is 3.65. The second kappa shape index (κ2) is 4.72. The van der Waals surface area contributed by atoms with Gasteiger partial charge in [0.1, 0.15) is 11.7 Å². The molecule has 1 aromatic rings. The van der Waals surface area contributed by atoms with Gasteiger partial charge in [0, 0.05) is 6.61 Å². The minimum atomic E-state index is -0.742. The Balaban J connectivity index is 2.92. The van der Waals surface area contributed by atoms with Crippen molar-refractivity contribution in [3.05, 3.63) is 11.7 Å². The van der Waals surface area contributed by atoms with E-state index >= 15 is 0 Å². The minimum absolute atomic E-state index is 0.226. The molecular formula is C10H18N2O3. The molecule has 0 aliphatic heterocycles. The summed E-state index contributed by atoms with van der Waals surface area (Å²) in [7, 11) is 0. The first kappa shape index (κ1) is 12.1. The van der Waals surface area contributed by atoms with Gasteiger partial charge in [-0.15, -0.1) is 0 Å². The van der Waals surface area contributed by atoms with Crippen molar-refractivity contribution >= 4 is 0 Å². The highest BCUT2D eigenvalue weighted by atomic mass is 16.5. The van der Waals surface area contributed by atoms with Crippen LogP contribution in [-0.4, -0.2) is 21.9 Å². The number of aliphatic hydroxyl groups excluding tert-OH is 1. The Hall–Kier alpha value is -0.940. The van der Waals surface area contributed by atoms with Gasteiger partial charge in [-0.05, 0) is 27.2 Å². The molecule has 5 heteroatoms. The van der Waals surface area contributed by atoms with Crippen LogP contribution in [0.15, 0.2) is 4.52 Å². The molecule has 0 aliphatic rings. The second-order valence-electron chi connectivity index (χ2n) is 3.65. The van der Waals surface area contributed by atoms with Gasteiger partial charge in [-0.25, -0.2) is 0 Å². The van der Waals surface area contributed by atoms with Crippen LogP contribution in [0, 0.1) is 0 Å². The van der Waals surface area contributed by atoms with Crippen molar-refractivity contribution in [3.8, 4) is 0 Å². The van der Waals surface area contributed by atoms with Crippen molar-refractivity contribution in [1.82, 2.24) is 10.1 Å². The van der Waals surface area contributed by atoms with Crippen molar-refractivity contribution in [2.24, 2.45) is 0 Å². The molecule has 1 heterocycles. The van der Waals surface area contributed by atoms with E-state index in [1.807, 2.05) is 20.8 Å². The fourth-order valence-corrected chi connectivity index (χ4v) is 1.26. The number of nitrogens with zero attached hydrogens (tertiary/aromatic N) is 2. The maximum absolute atomic E-state index is 9.27. The highest BCUT2D eigenvalue weighted by molar-refractivity contribution is 4.99. The predicted molar refractivity (Wildman–Crippen MR) is 54.2 cm³/mol. The Kier molecular flexibility index (Phi) is 3.82. The Morgan fingerprint density at radius 2 is 2.20 bits per heavy atom. The van der Waals surface area contributed by atoms with Crippen LogP contribution in [0.3, 0.4) is 0 Å². The highest BCUT2D eigenvalue weighted by Crippen LogP contribution is 2.27. The first-order valence-electron chi connectivity index (χ1n) is 5.19. The van der Waals surface area contributed by atoms with Crippen molar-refractivity contribution in [2.45, 2.75) is 45.8 Å². The third kappa shape index (κ3) is 2.54. The molecule has 0 aliphatic carbocycles. The maximum Gasteiger partial charge on any atom is 0.255 e. The standard InChI is InChI=1S/C10H18N2O3/c1-5-10(4,14-6-2)9-11-8(7(3)13)15-12-9/h7,13H,5-6H2,1-4H3. The lowest BCUT2D eigenvalue weighted by Crippen LogP contribution is -2.26. The van der Waals surface area contributed by atoms with Crippen LogP contribution in [0.2, 0.25) is 0 Å². The quantitative estimate of drug-likeness (QED) is 0.809. The lowest BCUT2D eigenvalue weighted by atomic mass is 10.0. The van der Waals surface area contributed by atoms with Crippen LogP contribution < -0.4 is 0 Å². The van der Waals surface area contributed by atoms with Gasteiger partial charge in [0.2, 0.25) is 5.82 Å². The van der Waals surface area contributed by atoms with Crippen LogP contribution in [-0.2, 0) is 10.3 Å². The van der Waals surface area contributed by atoms with Crippen LogP contribution in [0.25, 0.3) is 0 Å². The van der Waals surface area contributed by atoms with E-state index in [1.54, 1.807) is 6.92 Å². The molecule has 5 nitrogen and oxygen atoms in total. The minimum Gasteiger partial charge on any atom is -0.384 e. The third-order valence-electron chi connectivity index (χ3n) is 2.41. The molecule has 2 unspecified atom stereocenters. The van der Waals surface area contributed by atoms with Crippen molar-refractivity contribution in [1.29, 1.82) is 0 Å². The molecule has 0 saturated heterocycles. The van der Waals surface area contributed by atoms with E-state index in [0.29, 0.717) is 12.4 Å². The van der Waals surface area contributed by atoms with Gasteiger partial charge in [0.25, 0.3) is 5.89 Å². The van der Waals surface area contributed by atoms with Gasteiger partial charge in [-0.2, -0.15) is 4.98 Å². The van der Waals surface area contributed by atoms with Gasteiger partial charge >= 0.3 is 0 Å². The third-order valence-corrected chi connectivity index (χ3v) is 2.41. The van der Waals surface area contributed by atoms with Crippen molar-refractivity contribution in [3.63, 3.8) is 0 Å². The normalized spacial score (nSPS) is 17.4. The fourth-order valence-electron chi connectivity index (χ4n) is 1.26. The predicted octanol–water partition coefficient (Wildman–Crippen LogP) is 1.78. The molecule has 0 radical (unpaired) electrons. The average Bonchev–Trinajstić information content (AvgIpc) is 2.67. The topological polar surface area (TPSA) is 68.4 Å². The summed E-state index contributed by atoms with van der Waals surface area (Å²) in [5.74, 6) is 0.715. The molecule has 1 rings (SSSR count). The summed E-state index contributed by atoms with van der Waals surface area (Å²) in [6.07, 6.45) is 0.00794. The number of hydrogen-bond donors (Lipinski definition) is 1. The Morgan fingerprint density at radius 1 is 1.53 bits per heavy atom. The molecule has 0 fully saturated rings. The molecule has 0 amide bonds. The number of rotatable bonds is 5. The molecule has 1 N–H and O–H groups in total. The SMILES string of the molecule is CCOC(C)(CC)c1noc(C(C)O)n1. The van der Waals surface area contributed by atoms with Crippen LogP contribution in [0.5, 0.6) is 0 Å². The lowest BCUT2D eigenvalue weighted by molar-refractivity contribution is -0.0403. The van der Waals surface area contributed by atoms with Crippen LogP contribution >= 0.6 is 0 Å². The molecule has 0 bridgehead atoms. The van der Waals surface area contributed by atoms with E-state index in [9.17, 15) is 5.11 Å². The smallest absolute Gasteiger partial charge is 0.255 e. The van der Waals surface area contributed by atoms with E-state index in [1.165, 1.54) is 0 Å². The summed E-state index contributed by atoms with van der Waals surface area (Å²) in [4.78, 5) is 4.12. The maximum atomic E-state index is 9.27. The Labute approximate surface area is 89.4 Å². The molecule has 2 atom stereocenters. The monoisotopic (exact) mass is 214 g/mol. The zero-order valence-corrected chi connectivity index (χ0v) is 9.65. The number of aromatic nitrogens is 2. The van der Waals surface area contributed by atoms with E-state index in [4.69, 9.17) is 9.26 Å². The van der Waals surface area contributed by atoms with Gasteiger partial charge in [0.15, 0.2) is 0 Å². The molecule has 86 valence electrons. The van der Waals surface area contributed by atoms with Crippen molar-refractivity contribution in [2.75, 3.05) is 6.61 Å². The van der Waals surface area contributed by atoms with Gasteiger partial charge < -0.3 is 14.4 Å². The van der Waals surface area contributed by atoms with E-state index in [2.05, 4.69) is 10.1 Å². The summed E-state index contributed by atoms with van der Waals surface area (Å²) in [6, 6.07) is 0. The van der Waals surface area contributed by atoms with Crippen molar-refractivity contribution < 1.29 is 14.4 Å². The van der Waals surface area contributed by atoms with Crippen LogP contribution in [0.1, 0.15) is 51.9 Å².